The average molecular weight is 787 g/mol. The van der Waals surface area contributed by atoms with Crippen molar-refractivity contribution in [3.63, 3.8) is 0 Å². The smallest absolute Gasteiger partial charge is 0.133 e. The molecule has 0 amide bonds. The quantitative estimate of drug-likeness (QED) is 0.0845. The Labute approximate surface area is 347 Å². The summed E-state index contributed by atoms with van der Waals surface area (Å²) in [5, 5.41) is 41.6. The van der Waals surface area contributed by atoms with Gasteiger partial charge in [0.05, 0.1) is 13.1 Å². The van der Waals surface area contributed by atoms with E-state index in [0.29, 0.717) is 35.7 Å². The van der Waals surface area contributed by atoms with Gasteiger partial charge in [-0.05, 0) is 92.0 Å². The standard InChI is InChI=1S/C53H42N2O5/c1-34-30-39(32-54-26-28-59-47-24-20-37-12-4-8-16-43(37)51(47)49-41-14-6-2-10-35(41)18-22-45(49)56)53(58)40(31-34)33-55-27-29-60-48-25-21-38-13-5-9-17-44(38)52(48)50-42-15-7-3-11-36(42)19-23-46(50)57/h2-25,30-33,56-58H,26-29H2,1H3. The highest BCUT2D eigenvalue weighted by Crippen LogP contribution is 2.46. The summed E-state index contributed by atoms with van der Waals surface area (Å²) in [5.74, 6) is 1.76. The highest BCUT2D eigenvalue weighted by Gasteiger charge is 2.19. The van der Waals surface area contributed by atoms with Gasteiger partial charge in [0, 0.05) is 45.8 Å². The summed E-state index contributed by atoms with van der Waals surface area (Å²) in [6.45, 7) is 3.22. The molecule has 0 aliphatic heterocycles. The second-order valence-electron chi connectivity index (χ2n) is 14.7. The van der Waals surface area contributed by atoms with Crippen LogP contribution in [0, 0.1) is 6.92 Å². The van der Waals surface area contributed by atoms with Crippen LogP contribution in [0.2, 0.25) is 0 Å². The van der Waals surface area contributed by atoms with Crippen LogP contribution in [-0.2, 0) is 0 Å². The fourth-order valence-corrected chi connectivity index (χ4v) is 8.08. The number of aliphatic imine (C=N–C) groups is 2. The summed E-state index contributed by atoms with van der Waals surface area (Å²) in [4.78, 5) is 9.23. The minimum absolute atomic E-state index is 0.0847. The number of hydrogen-bond donors (Lipinski definition) is 3. The van der Waals surface area contributed by atoms with Gasteiger partial charge in [-0.25, -0.2) is 0 Å². The van der Waals surface area contributed by atoms with Gasteiger partial charge < -0.3 is 24.8 Å². The summed E-state index contributed by atoms with van der Waals surface area (Å²) in [7, 11) is 0. The molecule has 0 aromatic heterocycles. The molecule has 0 aliphatic rings. The zero-order chi connectivity index (χ0) is 41.0. The molecule has 0 fully saturated rings. The minimum atomic E-state index is 0.0847. The van der Waals surface area contributed by atoms with Crippen LogP contribution in [0.1, 0.15) is 16.7 Å². The molecule has 9 aromatic rings. The van der Waals surface area contributed by atoms with Crippen LogP contribution < -0.4 is 9.47 Å². The van der Waals surface area contributed by atoms with E-state index >= 15 is 0 Å². The number of benzene rings is 9. The summed E-state index contributed by atoms with van der Waals surface area (Å²) in [5.41, 5.74) is 5.24. The van der Waals surface area contributed by atoms with Gasteiger partial charge in [0.2, 0.25) is 0 Å². The van der Waals surface area contributed by atoms with Crippen molar-refractivity contribution in [2.45, 2.75) is 6.92 Å². The van der Waals surface area contributed by atoms with Crippen molar-refractivity contribution < 1.29 is 24.8 Å². The van der Waals surface area contributed by atoms with E-state index in [-0.39, 0.29) is 30.5 Å². The van der Waals surface area contributed by atoms with Crippen molar-refractivity contribution in [3.8, 4) is 51.0 Å². The molecule has 9 aromatic carbocycles. The van der Waals surface area contributed by atoms with Crippen LogP contribution in [-0.4, -0.2) is 54.1 Å². The number of phenolic OH excluding ortho intramolecular Hbond substituents is 3. The summed E-state index contributed by atoms with van der Waals surface area (Å²) < 4.78 is 12.7. The molecule has 60 heavy (non-hydrogen) atoms. The lowest BCUT2D eigenvalue weighted by Crippen LogP contribution is -2.04. The van der Waals surface area contributed by atoms with Gasteiger partial charge in [0.25, 0.3) is 0 Å². The van der Waals surface area contributed by atoms with Crippen LogP contribution in [0.25, 0.3) is 65.3 Å². The molecule has 0 unspecified atom stereocenters. The van der Waals surface area contributed by atoms with Crippen LogP contribution in [0.4, 0.5) is 0 Å². The highest BCUT2D eigenvalue weighted by atomic mass is 16.5. The third-order valence-corrected chi connectivity index (χ3v) is 10.8. The number of rotatable bonds is 12. The Bertz CT molecular complexity index is 2910. The maximum atomic E-state index is 11.2. The van der Waals surface area contributed by atoms with Gasteiger partial charge in [-0.1, -0.05) is 121 Å². The van der Waals surface area contributed by atoms with Crippen LogP contribution in [0.5, 0.6) is 28.7 Å². The summed E-state index contributed by atoms with van der Waals surface area (Å²) in [6, 6.07) is 51.2. The summed E-state index contributed by atoms with van der Waals surface area (Å²) >= 11 is 0. The van der Waals surface area contributed by atoms with E-state index in [4.69, 9.17) is 9.47 Å². The van der Waals surface area contributed by atoms with Crippen LogP contribution in [0.3, 0.4) is 0 Å². The van der Waals surface area contributed by atoms with E-state index < -0.39 is 0 Å². The maximum Gasteiger partial charge on any atom is 0.133 e. The minimum Gasteiger partial charge on any atom is -0.507 e. The van der Waals surface area contributed by atoms with E-state index in [0.717, 1.165) is 70.9 Å². The molecule has 0 atom stereocenters. The van der Waals surface area contributed by atoms with E-state index in [2.05, 4.69) is 22.1 Å². The number of hydrogen-bond acceptors (Lipinski definition) is 7. The van der Waals surface area contributed by atoms with Gasteiger partial charge in [-0.3, -0.25) is 9.98 Å². The Balaban J connectivity index is 0.893. The lowest BCUT2D eigenvalue weighted by molar-refractivity contribution is 0.330. The first-order valence-electron chi connectivity index (χ1n) is 20.0. The number of aromatic hydroxyl groups is 3. The predicted molar refractivity (Wildman–Crippen MR) is 246 cm³/mol. The molecule has 0 heterocycles. The molecule has 9 rings (SSSR count). The Kier molecular flexibility index (Phi) is 10.5. The highest BCUT2D eigenvalue weighted by molar-refractivity contribution is 6.11. The monoisotopic (exact) mass is 786 g/mol. The molecule has 294 valence electrons. The molecule has 7 nitrogen and oxygen atoms in total. The lowest BCUT2D eigenvalue weighted by atomic mass is 9.92. The Morgan fingerprint density at radius 2 is 0.783 bits per heavy atom. The number of aryl methyl sites for hydroxylation is 1. The predicted octanol–water partition coefficient (Wildman–Crippen LogP) is 12.1. The molecule has 3 N–H and O–H groups in total. The normalized spacial score (nSPS) is 11.8. The SMILES string of the molecule is Cc1cc(C=NCCOc2ccc3ccccc3c2-c2c(O)ccc3ccccc23)c(O)c(C=NCCOc2ccc3ccccc3c2-c2c(O)ccc3ccccc23)c1. The second-order valence-corrected chi connectivity index (χ2v) is 14.7. The van der Waals surface area contributed by atoms with Gasteiger partial charge in [-0.15, -0.1) is 0 Å². The molecule has 0 spiro atoms. The third-order valence-electron chi connectivity index (χ3n) is 10.8. The lowest BCUT2D eigenvalue weighted by Gasteiger charge is -2.17. The van der Waals surface area contributed by atoms with E-state index in [1.807, 2.05) is 140 Å². The first-order chi connectivity index (χ1) is 29.4. The average Bonchev–Trinajstić information content (AvgIpc) is 3.27. The van der Waals surface area contributed by atoms with Crippen molar-refractivity contribution in [3.05, 3.63) is 174 Å². The number of fused-ring (bicyclic) bond motifs is 4. The van der Waals surface area contributed by atoms with Crippen molar-refractivity contribution in [1.82, 2.24) is 0 Å². The van der Waals surface area contributed by atoms with Gasteiger partial charge in [0.15, 0.2) is 0 Å². The fourth-order valence-electron chi connectivity index (χ4n) is 8.08. The molecule has 7 heteroatoms. The van der Waals surface area contributed by atoms with Crippen LogP contribution in [0.15, 0.2) is 168 Å². The molecule has 0 bridgehead atoms. The van der Waals surface area contributed by atoms with E-state index in [9.17, 15) is 15.3 Å². The second kappa shape index (κ2) is 16.7. The van der Waals surface area contributed by atoms with Crippen molar-refractivity contribution >= 4 is 55.5 Å². The number of ether oxygens (including phenoxy) is 2. The third kappa shape index (κ3) is 7.45. The topological polar surface area (TPSA) is 104 Å². The molecular formula is C53H42N2O5. The molecule has 0 saturated heterocycles. The van der Waals surface area contributed by atoms with Crippen molar-refractivity contribution in [1.29, 1.82) is 0 Å². The zero-order valence-electron chi connectivity index (χ0n) is 33.0. The number of phenols is 3. The molecular weight excluding hydrogens is 745 g/mol. The Hall–Kier alpha value is -7.64. The zero-order valence-corrected chi connectivity index (χ0v) is 33.0. The maximum absolute atomic E-state index is 11.2. The van der Waals surface area contributed by atoms with E-state index in [1.54, 1.807) is 24.6 Å². The first kappa shape index (κ1) is 37.9. The largest absolute Gasteiger partial charge is 0.507 e. The molecule has 0 saturated carbocycles. The number of nitrogens with zero attached hydrogens (tertiary/aromatic N) is 2. The van der Waals surface area contributed by atoms with E-state index in [1.165, 1.54) is 0 Å². The first-order valence-corrected chi connectivity index (χ1v) is 20.0. The Morgan fingerprint density at radius 1 is 0.433 bits per heavy atom. The molecule has 0 aliphatic carbocycles. The van der Waals surface area contributed by atoms with Gasteiger partial charge >= 0.3 is 0 Å². The summed E-state index contributed by atoms with van der Waals surface area (Å²) in [6.07, 6.45) is 3.32. The van der Waals surface area contributed by atoms with Crippen molar-refractivity contribution in [2.24, 2.45) is 9.98 Å². The van der Waals surface area contributed by atoms with Crippen LogP contribution >= 0.6 is 0 Å². The Morgan fingerprint density at radius 3 is 1.18 bits per heavy atom. The van der Waals surface area contributed by atoms with Gasteiger partial charge in [-0.2, -0.15) is 0 Å². The van der Waals surface area contributed by atoms with Crippen molar-refractivity contribution in [2.75, 3.05) is 26.3 Å². The molecule has 0 radical (unpaired) electrons. The van der Waals surface area contributed by atoms with Gasteiger partial charge in [0.1, 0.15) is 42.0 Å². The fraction of sp³-hybridized carbons (Fsp3) is 0.0943.